The molecule has 0 spiro atoms. The summed E-state index contributed by atoms with van der Waals surface area (Å²) in [5.41, 5.74) is 5.16. The predicted octanol–water partition coefficient (Wildman–Crippen LogP) is 0.213. The molecular formula is C10H13N3O5. The SMILES string of the molecule is COCC(N)C(=O)Nc1cc([N+](=O)[O-])ccc1O. The van der Waals surface area contributed by atoms with Crippen LogP contribution < -0.4 is 11.1 Å². The van der Waals surface area contributed by atoms with Gasteiger partial charge in [0.1, 0.15) is 11.8 Å². The van der Waals surface area contributed by atoms with Crippen LogP contribution in [0.2, 0.25) is 0 Å². The van der Waals surface area contributed by atoms with E-state index in [2.05, 4.69) is 5.32 Å². The molecule has 1 unspecified atom stereocenters. The maximum atomic E-state index is 11.5. The summed E-state index contributed by atoms with van der Waals surface area (Å²) in [5, 5.41) is 22.3. The molecule has 0 aliphatic heterocycles. The topological polar surface area (TPSA) is 128 Å². The molecule has 1 aromatic carbocycles. The van der Waals surface area contributed by atoms with Gasteiger partial charge in [-0.15, -0.1) is 0 Å². The number of methoxy groups -OCH3 is 1. The number of ether oxygens (including phenoxy) is 1. The van der Waals surface area contributed by atoms with Crippen LogP contribution in [0.5, 0.6) is 5.75 Å². The Kier molecular flexibility index (Phi) is 4.58. The van der Waals surface area contributed by atoms with E-state index in [4.69, 9.17) is 10.5 Å². The molecule has 0 aliphatic rings. The molecule has 4 N–H and O–H groups in total. The highest BCUT2D eigenvalue weighted by atomic mass is 16.6. The van der Waals surface area contributed by atoms with E-state index in [1.807, 2.05) is 0 Å². The van der Waals surface area contributed by atoms with Gasteiger partial charge in [-0.05, 0) is 6.07 Å². The number of nitrogens with two attached hydrogens (primary N) is 1. The highest BCUT2D eigenvalue weighted by Gasteiger charge is 2.17. The standard InChI is InChI=1S/C10H13N3O5/c1-18-5-7(11)10(15)12-8-4-6(13(16)17)2-3-9(8)14/h2-4,7,14H,5,11H2,1H3,(H,12,15). The lowest BCUT2D eigenvalue weighted by molar-refractivity contribution is -0.384. The van der Waals surface area contributed by atoms with Crippen molar-refractivity contribution in [1.29, 1.82) is 0 Å². The van der Waals surface area contributed by atoms with Gasteiger partial charge in [-0.1, -0.05) is 0 Å². The zero-order valence-corrected chi connectivity index (χ0v) is 9.62. The maximum Gasteiger partial charge on any atom is 0.271 e. The predicted molar refractivity (Wildman–Crippen MR) is 63.2 cm³/mol. The van der Waals surface area contributed by atoms with Crippen molar-refractivity contribution in [3.63, 3.8) is 0 Å². The molecule has 0 bridgehead atoms. The van der Waals surface area contributed by atoms with Gasteiger partial charge < -0.3 is 20.9 Å². The van der Waals surface area contributed by atoms with Gasteiger partial charge in [-0.2, -0.15) is 0 Å². The number of carbonyl (C=O) groups is 1. The van der Waals surface area contributed by atoms with E-state index >= 15 is 0 Å². The largest absolute Gasteiger partial charge is 0.506 e. The molecular weight excluding hydrogens is 242 g/mol. The van der Waals surface area contributed by atoms with Crippen molar-refractivity contribution >= 4 is 17.3 Å². The van der Waals surface area contributed by atoms with Crippen LogP contribution in [0.1, 0.15) is 0 Å². The Morgan fingerprint density at radius 2 is 2.33 bits per heavy atom. The highest BCUT2D eigenvalue weighted by molar-refractivity contribution is 5.96. The van der Waals surface area contributed by atoms with Crippen LogP contribution in [0.25, 0.3) is 0 Å². The lowest BCUT2D eigenvalue weighted by Crippen LogP contribution is -2.39. The number of benzene rings is 1. The van der Waals surface area contributed by atoms with E-state index in [1.165, 1.54) is 7.11 Å². The fourth-order valence-electron chi connectivity index (χ4n) is 1.22. The summed E-state index contributed by atoms with van der Waals surface area (Å²) in [7, 11) is 1.39. The molecule has 1 aromatic rings. The Bertz CT molecular complexity index is 463. The number of nitro benzene ring substituents is 1. The first-order valence-electron chi connectivity index (χ1n) is 4.98. The van der Waals surface area contributed by atoms with Gasteiger partial charge in [-0.3, -0.25) is 14.9 Å². The van der Waals surface area contributed by atoms with Crippen LogP contribution in [-0.2, 0) is 9.53 Å². The summed E-state index contributed by atoms with van der Waals surface area (Å²) >= 11 is 0. The number of hydrogen-bond donors (Lipinski definition) is 3. The fraction of sp³-hybridized carbons (Fsp3) is 0.300. The number of hydrogen-bond acceptors (Lipinski definition) is 6. The number of carbonyl (C=O) groups excluding carboxylic acids is 1. The maximum absolute atomic E-state index is 11.5. The molecule has 0 fully saturated rings. The molecule has 1 rings (SSSR count). The first-order chi connectivity index (χ1) is 8.45. The van der Waals surface area contributed by atoms with Crippen molar-refractivity contribution in [1.82, 2.24) is 0 Å². The molecule has 0 aliphatic carbocycles. The zero-order valence-electron chi connectivity index (χ0n) is 9.62. The summed E-state index contributed by atoms with van der Waals surface area (Å²) in [5.74, 6) is -0.883. The summed E-state index contributed by atoms with van der Waals surface area (Å²) in [4.78, 5) is 21.5. The molecule has 0 saturated heterocycles. The zero-order chi connectivity index (χ0) is 13.7. The molecule has 8 nitrogen and oxygen atoms in total. The monoisotopic (exact) mass is 255 g/mol. The first kappa shape index (κ1) is 13.9. The third-order valence-electron chi connectivity index (χ3n) is 2.13. The number of amides is 1. The molecule has 0 heterocycles. The number of phenolic OH excluding ortho intramolecular Hbond substituents is 1. The minimum absolute atomic E-state index is 0.00151. The third kappa shape index (κ3) is 3.40. The average Bonchev–Trinajstić information content (AvgIpc) is 2.31. The molecule has 1 atom stereocenters. The smallest absolute Gasteiger partial charge is 0.271 e. The average molecular weight is 255 g/mol. The van der Waals surface area contributed by atoms with Crippen LogP contribution in [-0.4, -0.2) is 35.7 Å². The van der Waals surface area contributed by atoms with Gasteiger partial charge in [-0.25, -0.2) is 0 Å². The second kappa shape index (κ2) is 5.94. The second-order valence-corrected chi connectivity index (χ2v) is 3.51. The lowest BCUT2D eigenvalue weighted by Gasteiger charge is -2.11. The number of phenols is 1. The van der Waals surface area contributed by atoms with Crippen molar-refractivity contribution in [2.45, 2.75) is 6.04 Å². The Morgan fingerprint density at radius 3 is 2.89 bits per heavy atom. The minimum atomic E-state index is -0.923. The summed E-state index contributed by atoms with van der Waals surface area (Å²) < 4.78 is 4.70. The van der Waals surface area contributed by atoms with E-state index in [0.29, 0.717) is 0 Å². The Balaban J connectivity index is 2.86. The molecule has 1 amide bonds. The van der Waals surface area contributed by atoms with Gasteiger partial charge in [0.15, 0.2) is 0 Å². The Hall–Kier alpha value is -2.19. The fourth-order valence-corrected chi connectivity index (χ4v) is 1.22. The number of nitrogens with one attached hydrogen (secondary N) is 1. The van der Waals surface area contributed by atoms with E-state index in [0.717, 1.165) is 18.2 Å². The van der Waals surface area contributed by atoms with E-state index < -0.39 is 16.9 Å². The Labute approximate surface area is 103 Å². The molecule has 0 radical (unpaired) electrons. The van der Waals surface area contributed by atoms with Crippen LogP contribution in [0, 0.1) is 10.1 Å². The van der Waals surface area contributed by atoms with Crippen molar-refractivity contribution in [3.8, 4) is 5.75 Å². The number of rotatable bonds is 5. The summed E-state index contributed by atoms with van der Waals surface area (Å²) in [6, 6.07) is 2.37. The molecule has 8 heteroatoms. The van der Waals surface area contributed by atoms with Crippen molar-refractivity contribution in [3.05, 3.63) is 28.3 Å². The number of non-ortho nitro benzene ring substituents is 1. The van der Waals surface area contributed by atoms with Crippen molar-refractivity contribution in [2.75, 3.05) is 19.0 Å². The van der Waals surface area contributed by atoms with Crippen LogP contribution in [0.4, 0.5) is 11.4 Å². The van der Waals surface area contributed by atoms with Crippen LogP contribution in [0.15, 0.2) is 18.2 Å². The first-order valence-corrected chi connectivity index (χ1v) is 4.98. The van der Waals surface area contributed by atoms with Crippen LogP contribution >= 0.6 is 0 Å². The molecule has 98 valence electrons. The van der Waals surface area contributed by atoms with Gasteiger partial charge in [0.05, 0.1) is 17.2 Å². The van der Waals surface area contributed by atoms with Gasteiger partial charge in [0.25, 0.3) is 5.69 Å². The normalized spacial score (nSPS) is 11.9. The quantitative estimate of drug-likeness (QED) is 0.392. The number of nitrogens with zero attached hydrogens (tertiary/aromatic N) is 1. The van der Waals surface area contributed by atoms with E-state index in [-0.39, 0.29) is 23.7 Å². The van der Waals surface area contributed by atoms with E-state index in [9.17, 15) is 20.0 Å². The van der Waals surface area contributed by atoms with Gasteiger partial charge in [0, 0.05) is 19.2 Å². The van der Waals surface area contributed by atoms with Gasteiger partial charge in [0.2, 0.25) is 5.91 Å². The van der Waals surface area contributed by atoms with E-state index in [1.54, 1.807) is 0 Å². The van der Waals surface area contributed by atoms with Gasteiger partial charge >= 0.3 is 0 Å². The van der Waals surface area contributed by atoms with Crippen molar-refractivity contribution in [2.24, 2.45) is 5.73 Å². The van der Waals surface area contributed by atoms with Crippen LogP contribution in [0.3, 0.4) is 0 Å². The molecule has 18 heavy (non-hydrogen) atoms. The number of nitro groups is 1. The number of aromatic hydroxyl groups is 1. The number of anilines is 1. The summed E-state index contributed by atoms with van der Waals surface area (Å²) in [6.45, 7) is 0.00151. The second-order valence-electron chi connectivity index (χ2n) is 3.51. The Morgan fingerprint density at radius 1 is 1.67 bits per heavy atom. The molecule has 0 saturated carbocycles. The third-order valence-corrected chi connectivity index (χ3v) is 2.13. The van der Waals surface area contributed by atoms with Crippen molar-refractivity contribution < 1.29 is 19.6 Å². The molecule has 0 aromatic heterocycles. The minimum Gasteiger partial charge on any atom is -0.506 e. The highest BCUT2D eigenvalue weighted by Crippen LogP contribution is 2.27. The summed E-state index contributed by atoms with van der Waals surface area (Å²) in [6.07, 6.45) is 0. The lowest BCUT2D eigenvalue weighted by atomic mass is 10.2.